The van der Waals surface area contributed by atoms with E-state index in [1.54, 1.807) is 5.38 Å². The number of hydrogen-bond donors (Lipinski definition) is 3. The van der Waals surface area contributed by atoms with Crippen LogP contribution in [-0.4, -0.2) is 48.9 Å². The maximum Gasteiger partial charge on any atom is 0.289 e. The number of hydrazine groups is 1. The second kappa shape index (κ2) is 8.86. The summed E-state index contributed by atoms with van der Waals surface area (Å²) in [5, 5.41) is 6.01. The largest absolute Gasteiger partial charge is 0.378 e. The van der Waals surface area contributed by atoms with Crippen molar-refractivity contribution in [1.82, 2.24) is 21.2 Å². The molecule has 1 saturated heterocycles. The van der Waals surface area contributed by atoms with E-state index in [1.807, 2.05) is 0 Å². The highest BCUT2D eigenvalue weighted by molar-refractivity contribution is 7.80. The predicted molar refractivity (Wildman–Crippen MR) is 91.3 cm³/mol. The highest BCUT2D eigenvalue weighted by Crippen LogP contribution is 2.21. The Balaban J connectivity index is 1.77. The first-order chi connectivity index (χ1) is 10.7. The fraction of sp³-hybridized carbons (Fsp3) is 0.615. The van der Waals surface area contributed by atoms with Gasteiger partial charge in [0, 0.05) is 25.0 Å². The molecule has 122 valence electrons. The van der Waals surface area contributed by atoms with Gasteiger partial charge in [0.2, 0.25) is 0 Å². The van der Waals surface area contributed by atoms with Crippen molar-refractivity contribution in [2.75, 3.05) is 37.7 Å². The first kappa shape index (κ1) is 16.9. The van der Waals surface area contributed by atoms with Gasteiger partial charge in [0.15, 0.2) is 10.2 Å². The van der Waals surface area contributed by atoms with Gasteiger partial charge in [0.05, 0.1) is 13.2 Å². The van der Waals surface area contributed by atoms with Crippen molar-refractivity contribution in [1.29, 1.82) is 0 Å². The van der Waals surface area contributed by atoms with Gasteiger partial charge >= 0.3 is 0 Å². The topological polar surface area (TPSA) is 78.5 Å². The van der Waals surface area contributed by atoms with Gasteiger partial charge in [-0.2, -0.15) is 0 Å². The average molecular weight is 343 g/mol. The number of thiocarbonyl (C=S) groups is 1. The SMILES string of the molecule is CCCCNC(=S)NNC(=O)c1csc(N2CCOCC2)n1. The number of morpholine rings is 1. The van der Waals surface area contributed by atoms with E-state index in [1.165, 1.54) is 11.3 Å². The number of aromatic nitrogens is 1. The number of anilines is 1. The number of rotatable bonds is 5. The summed E-state index contributed by atoms with van der Waals surface area (Å²) < 4.78 is 5.31. The Kier molecular flexibility index (Phi) is 6.81. The van der Waals surface area contributed by atoms with Gasteiger partial charge in [0.1, 0.15) is 5.69 Å². The summed E-state index contributed by atoms with van der Waals surface area (Å²) in [6.45, 7) is 5.89. The normalized spacial score (nSPS) is 14.5. The number of carbonyl (C=O) groups is 1. The molecular weight excluding hydrogens is 322 g/mol. The molecule has 0 atom stereocenters. The first-order valence-corrected chi connectivity index (χ1v) is 8.62. The molecule has 2 heterocycles. The highest BCUT2D eigenvalue weighted by atomic mass is 32.1. The molecule has 3 N–H and O–H groups in total. The zero-order chi connectivity index (χ0) is 15.8. The summed E-state index contributed by atoms with van der Waals surface area (Å²) in [4.78, 5) is 18.5. The number of carbonyl (C=O) groups excluding carboxylic acids is 1. The summed E-state index contributed by atoms with van der Waals surface area (Å²) in [7, 11) is 0. The van der Waals surface area contributed by atoms with Crippen LogP contribution in [0.5, 0.6) is 0 Å². The Labute approximate surface area is 139 Å². The van der Waals surface area contributed by atoms with Crippen molar-refractivity contribution >= 4 is 39.7 Å². The molecule has 0 radical (unpaired) electrons. The van der Waals surface area contributed by atoms with Gasteiger partial charge in [-0.25, -0.2) is 4.98 Å². The minimum Gasteiger partial charge on any atom is -0.378 e. The standard InChI is InChI=1S/C13H21N5O2S2/c1-2-3-4-14-12(21)17-16-11(19)10-9-22-13(15-10)18-5-7-20-8-6-18/h9H,2-8H2,1H3,(H,16,19)(H2,14,17,21). The van der Waals surface area contributed by atoms with Crippen molar-refractivity contribution < 1.29 is 9.53 Å². The number of thiazole rings is 1. The van der Waals surface area contributed by atoms with Crippen molar-refractivity contribution in [3.8, 4) is 0 Å². The van der Waals surface area contributed by atoms with Crippen LogP contribution in [-0.2, 0) is 4.74 Å². The van der Waals surface area contributed by atoms with Crippen LogP contribution in [0.2, 0.25) is 0 Å². The third-order valence-corrected chi connectivity index (χ3v) is 4.26. The molecule has 22 heavy (non-hydrogen) atoms. The molecule has 1 fully saturated rings. The van der Waals surface area contributed by atoms with Crippen molar-refractivity contribution in [3.05, 3.63) is 11.1 Å². The van der Waals surface area contributed by atoms with Crippen LogP contribution in [0.3, 0.4) is 0 Å². The molecule has 0 spiro atoms. The zero-order valence-electron chi connectivity index (χ0n) is 12.6. The molecule has 1 aliphatic rings. The monoisotopic (exact) mass is 343 g/mol. The summed E-state index contributed by atoms with van der Waals surface area (Å²) in [5.41, 5.74) is 5.62. The van der Waals surface area contributed by atoms with E-state index in [2.05, 4.69) is 33.0 Å². The quantitative estimate of drug-likeness (QED) is 0.416. The Morgan fingerprint density at radius 3 is 2.95 bits per heavy atom. The van der Waals surface area contributed by atoms with Crippen LogP contribution in [0.25, 0.3) is 0 Å². The summed E-state index contributed by atoms with van der Waals surface area (Å²) >= 11 is 6.52. The van der Waals surface area contributed by atoms with Crippen LogP contribution in [0.1, 0.15) is 30.3 Å². The van der Waals surface area contributed by atoms with Gasteiger partial charge in [0.25, 0.3) is 5.91 Å². The minimum atomic E-state index is -0.296. The number of amides is 1. The van der Waals surface area contributed by atoms with Crippen molar-refractivity contribution in [2.45, 2.75) is 19.8 Å². The minimum absolute atomic E-state index is 0.296. The lowest BCUT2D eigenvalue weighted by Gasteiger charge is -2.25. The molecule has 1 amide bonds. The lowest BCUT2D eigenvalue weighted by Crippen LogP contribution is -2.47. The second-order valence-electron chi connectivity index (χ2n) is 4.80. The molecule has 0 saturated carbocycles. The average Bonchev–Trinajstić information content (AvgIpc) is 3.04. The molecule has 0 bridgehead atoms. The van der Waals surface area contributed by atoms with Gasteiger partial charge < -0.3 is 15.0 Å². The highest BCUT2D eigenvalue weighted by Gasteiger charge is 2.17. The molecule has 2 rings (SSSR count). The molecule has 9 heteroatoms. The predicted octanol–water partition coefficient (Wildman–Crippen LogP) is 0.889. The lowest BCUT2D eigenvalue weighted by molar-refractivity contribution is 0.0939. The number of nitrogens with one attached hydrogen (secondary N) is 3. The molecule has 1 aromatic rings. The summed E-state index contributed by atoms with van der Waals surface area (Å²) in [5.74, 6) is -0.296. The molecule has 1 aromatic heterocycles. The van der Waals surface area contributed by atoms with E-state index >= 15 is 0 Å². The Bertz CT molecular complexity index is 502. The molecule has 0 aliphatic carbocycles. The zero-order valence-corrected chi connectivity index (χ0v) is 14.2. The van der Waals surface area contributed by atoms with Gasteiger partial charge in [-0.05, 0) is 18.6 Å². The maximum atomic E-state index is 12.0. The van der Waals surface area contributed by atoms with E-state index in [0.29, 0.717) is 24.0 Å². The van der Waals surface area contributed by atoms with E-state index in [0.717, 1.165) is 37.6 Å². The number of ether oxygens (including phenoxy) is 1. The lowest BCUT2D eigenvalue weighted by atomic mass is 10.3. The van der Waals surface area contributed by atoms with Gasteiger partial charge in [-0.3, -0.25) is 15.6 Å². The molecular formula is C13H21N5O2S2. The third kappa shape index (κ3) is 5.08. The van der Waals surface area contributed by atoms with Crippen molar-refractivity contribution in [2.24, 2.45) is 0 Å². The van der Waals surface area contributed by atoms with Gasteiger partial charge in [-0.15, -0.1) is 11.3 Å². The third-order valence-electron chi connectivity index (χ3n) is 3.11. The van der Waals surface area contributed by atoms with E-state index < -0.39 is 0 Å². The number of nitrogens with zero attached hydrogens (tertiary/aromatic N) is 2. The smallest absolute Gasteiger partial charge is 0.289 e. The fourth-order valence-electron chi connectivity index (χ4n) is 1.87. The first-order valence-electron chi connectivity index (χ1n) is 7.33. The number of unbranched alkanes of at least 4 members (excludes halogenated alkanes) is 1. The second-order valence-corrected chi connectivity index (χ2v) is 6.05. The van der Waals surface area contributed by atoms with E-state index in [9.17, 15) is 4.79 Å². The molecule has 1 aliphatic heterocycles. The summed E-state index contributed by atoms with van der Waals surface area (Å²) in [6.07, 6.45) is 2.12. The van der Waals surface area contributed by atoms with Gasteiger partial charge in [-0.1, -0.05) is 13.3 Å². The van der Waals surface area contributed by atoms with Crippen LogP contribution < -0.4 is 21.1 Å². The van der Waals surface area contributed by atoms with Crippen LogP contribution in [0.15, 0.2) is 5.38 Å². The molecule has 0 aromatic carbocycles. The van der Waals surface area contributed by atoms with E-state index in [4.69, 9.17) is 17.0 Å². The van der Waals surface area contributed by atoms with Crippen LogP contribution >= 0.6 is 23.6 Å². The number of hydrogen-bond acceptors (Lipinski definition) is 6. The van der Waals surface area contributed by atoms with Crippen LogP contribution in [0, 0.1) is 0 Å². The molecule has 7 nitrogen and oxygen atoms in total. The fourth-order valence-corrected chi connectivity index (χ4v) is 2.88. The molecule has 0 unspecified atom stereocenters. The Morgan fingerprint density at radius 2 is 2.23 bits per heavy atom. The summed E-state index contributed by atoms with van der Waals surface area (Å²) in [6, 6.07) is 0. The van der Waals surface area contributed by atoms with Crippen LogP contribution in [0.4, 0.5) is 5.13 Å². The Hall–Kier alpha value is -1.45. The maximum absolute atomic E-state index is 12.0. The van der Waals surface area contributed by atoms with Crippen molar-refractivity contribution in [3.63, 3.8) is 0 Å². The Morgan fingerprint density at radius 1 is 1.45 bits per heavy atom. The van der Waals surface area contributed by atoms with E-state index in [-0.39, 0.29) is 5.91 Å².